The second kappa shape index (κ2) is 10.0. The molecule has 0 radical (unpaired) electrons. The minimum Gasteiger partial charge on any atom is -0.461 e. The first-order chi connectivity index (χ1) is 15.6. The average molecular weight is 451 g/mol. The summed E-state index contributed by atoms with van der Waals surface area (Å²) in [6.45, 7) is 5.92. The van der Waals surface area contributed by atoms with Gasteiger partial charge in [0, 0.05) is 30.6 Å². The Balaban J connectivity index is 1.55. The fourth-order valence-electron chi connectivity index (χ4n) is 3.71. The molecule has 0 fully saturated rings. The van der Waals surface area contributed by atoms with Crippen LogP contribution in [0, 0.1) is 13.8 Å². The molecule has 4 rings (SSSR count). The van der Waals surface area contributed by atoms with Crippen LogP contribution in [0.1, 0.15) is 27.3 Å². The predicted molar refractivity (Wildman–Crippen MR) is 124 cm³/mol. The summed E-state index contributed by atoms with van der Waals surface area (Å²) >= 11 is 1.39. The van der Waals surface area contributed by atoms with E-state index < -0.39 is 0 Å². The fourth-order valence-corrected chi connectivity index (χ4v) is 4.53. The average Bonchev–Trinajstić information content (AvgIpc) is 3.52. The summed E-state index contributed by atoms with van der Waals surface area (Å²) < 4.78 is 14.9. The fraction of sp³-hybridized carbons (Fsp3) is 0.292. The minimum atomic E-state index is 0.0700. The number of carbonyl (C=O) groups is 1. The Labute approximate surface area is 191 Å². The maximum absolute atomic E-state index is 13.0. The van der Waals surface area contributed by atoms with Gasteiger partial charge in [0.05, 0.1) is 25.2 Å². The lowest BCUT2D eigenvalue weighted by Crippen LogP contribution is -2.10. The molecule has 0 aliphatic heterocycles. The van der Waals surface area contributed by atoms with Crippen LogP contribution in [-0.4, -0.2) is 44.6 Å². The highest BCUT2D eigenvalue weighted by Crippen LogP contribution is 2.27. The zero-order chi connectivity index (χ0) is 22.5. The Morgan fingerprint density at radius 2 is 1.91 bits per heavy atom. The first-order valence-electron chi connectivity index (χ1n) is 10.4. The normalized spacial score (nSPS) is 11.2. The molecule has 0 atom stereocenters. The number of aromatic nitrogens is 4. The Kier molecular flexibility index (Phi) is 6.92. The van der Waals surface area contributed by atoms with Gasteiger partial charge in [0.1, 0.15) is 0 Å². The highest BCUT2D eigenvalue weighted by Gasteiger charge is 2.20. The van der Waals surface area contributed by atoms with Crippen LogP contribution in [0.2, 0.25) is 0 Å². The van der Waals surface area contributed by atoms with E-state index in [1.54, 1.807) is 13.4 Å². The standard InChI is InChI=1S/C24H26N4O3S/c1-17-14-20(18(2)27(17)11-13-30-3)21(29)16-32-24-26-25-23(22-10-7-12-31-22)28(24)15-19-8-5-4-6-9-19/h4-10,12,14H,11,13,15-16H2,1-3H3. The molecule has 0 saturated carbocycles. The van der Waals surface area contributed by atoms with Gasteiger partial charge in [0.25, 0.3) is 0 Å². The Bertz CT molecular complexity index is 1180. The number of ketones is 1. The summed E-state index contributed by atoms with van der Waals surface area (Å²) in [6, 6.07) is 15.7. The molecular weight excluding hydrogens is 424 g/mol. The van der Waals surface area contributed by atoms with E-state index in [1.165, 1.54) is 11.8 Å². The van der Waals surface area contributed by atoms with Crippen molar-refractivity contribution in [2.45, 2.75) is 32.1 Å². The summed E-state index contributed by atoms with van der Waals surface area (Å²) in [4.78, 5) is 13.0. The largest absolute Gasteiger partial charge is 0.461 e. The predicted octanol–water partition coefficient (Wildman–Crippen LogP) is 4.63. The number of methoxy groups -OCH3 is 1. The summed E-state index contributed by atoms with van der Waals surface area (Å²) in [6.07, 6.45) is 1.62. The summed E-state index contributed by atoms with van der Waals surface area (Å²) in [5.74, 6) is 1.64. The molecule has 8 heteroatoms. The van der Waals surface area contributed by atoms with Crippen molar-refractivity contribution in [1.29, 1.82) is 0 Å². The summed E-state index contributed by atoms with van der Waals surface area (Å²) in [7, 11) is 1.68. The number of thioether (sulfide) groups is 1. The van der Waals surface area contributed by atoms with E-state index in [-0.39, 0.29) is 11.5 Å². The third-order valence-electron chi connectivity index (χ3n) is 5.37. The second-order valence-corrected chi connectivity index (χ2v) is 8.44. The van der Waals surface area contributed by atoms with Crippen LogP contribution in [-0.2, 0) is 17.8 Å². The number of aryl methyl sites for hydroxylation is 1. The molecule has 3 heterocycles. The number of rotatable bonds is 10. The lowest BCUT2D eigenvalue weighted by molar-refractivity contribution is 0.102. The van der Waals surface area contributed by atoms with Crippen molar-refractivity contribution in [3.63, 3.8) is 0 Å². The highest BCUT2D eigenvalue weighted by molar-refractivity contribution is 7.99. The second-order valence-electron chi connectivity index (χ2n) is 7.50. The van der Waals surface area contributed by atoms with E-state index in [0.717, 1.165) is 29.1 Å². The number of hydrogen-bond acceptors (Lipinski definition) is 6. The molecule has 1 aromatic carbocycles. The molecule has 0 N–H and O–H groups in total. The van der Waals surface area contributed by atoms with Gasteiger partial charge in [0.2, 0.25) is 5.82 Å². The van der Waals surface area contributed by atoms with Gasteiger partial charge in [-0.3, -0.25) is 9.36 Å². The van der Waals surface area contributed by atoms with E-state index in [9.17, 15) is 4.79 Å². The molecule has 0 aliphatic carbocycles. The van der Waals surface area contributed by atoms with Gasteiger partial charge in [-0.2, -0.15) is 0 Å². The van der Waals surface area contributed by atoms with Gasteiger partial charge in [-0.15, -0.1) is 10.2 Å². The minimum absolute atomic E-state index is 0.0700. The Morgan fingerprint density at radius 1 is 1.09 bits per heavy atom. The number of Topliss-reactive ketones (excluding diaryl/α,β-unsaturated/α-hetero) is 1. The number of furan rings is 1. The third kappa shape index (κ3) is 4.71. The zero-order valence-corrected chi connectivity index (χ0v) is 19.3. The quantitative estimate of drug-likeness (QED) is 0.259. The molecule has 0 spiro atoms. The van der Waals surface area contributed by atoms with E-state index in [1.807, 2.05) is 54.8 Å². The summed E-state index contributed by atoms with van der Waals surface area (Å²) in [5, 5.41) is 9.39. The topological polar surface area (TPSA) is 75.1 Å². The van der Waals surface area contributed by atoms with Crippen molar-refractivity contribution in [1.82, 2.24) is 19.3 Å². The highest BCUT2D eigenvalue weighted by atomic mass is 32.2. The molecule has 0 amide bonds. The molecule has 0 aliphatic rings. The van der Waals surface area contributed by atoms with Crippen molar-refractivity contribution in [2.75, 3.05) is 19.5 Å². The van der Waals surface area contributed by atoms with Crippen LogP contribution in [0.25, 0.3) is 11.6 Å². The molecule has 0 bridgehead atoms. The van der Waals surface area contributed by atoms with E-state index in [2.05, 4.69) is 26.9 Å². The van der Waals surface area contributed by atoms with E-state index in [4.69, 9.17) is 9.15 Å². The van der Waals surface area contributed by atoms with Gasteiger partial charge in [-0.1, -0.05) is 42.1 Å². The molecule has 32 heavy (non-hydrogen) atoms. The van der Waals surface area contributed by atoms with Crippen molar-refractivity contribution >= 4 is 17.5 Å². The zero-order valence-electron chi connectivity index (χ0n) is 18.4. The van der Waals surface area contributed by atoms with Gasteiger partial charge >= 0.3 is 0 Å². The smallest absolute Gasteiger partial charge is 0.200 e. The van der Waals surface area contributed by atoms with Crippen molar-refractivity contribution in [3.8, 4) is 11.6 Å². The number of hydrogen-bond donors (Lipinski definition) is 0. The molecule has 166 valence electrons. The number of nitrogens with zero attached hydrogens (tertiary/aromatic N) is 4. The molecular formula is C24H26N4O3S. The van der Waals surface area contributed by atoms with Crippen LogP contribution < -0.4 is 0 Å². The molecule has 0 unspecified atom stereocenters. The summed E-state index contributed by atoms with van der Waals surface area (Å²) in [5.41, 5.74) is 3.88. The van der Waals surface area contributed by atoms with Crippen LogP contribution >= 0.6 is 11.8 Å². The lowest BCUT2D eigenvalue weighted by atomic mass is 10.2. The van der Waals surface area contributed by atoms with Gasteiger partial charge < -0.3 is 13.7 Å². The van der Waals surface area contributed by atoms with Crippen molar-refractivity contribution in [3.05, 3.63) is 77.3 Å². The maximum atomic E-state index is 13.0. The van der Waals surface area contributed by atoms with E-state index in [0.29, 0.717) is 29.9 Å². The number of carbonyl (C=O) groups excluding carboxylic acids is 1. The number of benzene rings is 1. The van der Waals surface area contributed by atoms with Crippen molar-refractivity contribution < 1.29 is 13.9 Å². The molecule has 7 nitrogen and oxygen atoms in total. The maximum Gasteiger partial charge on any atom is 0.200 e. The first kappa shape index (κ1) is 22.1. The molecule has 0 saturated heterocycles. The molecule has 4 aromatic rings. The van der Waals surface area contributed by atoms with Crippen LogP contribution in [0.4, 0.5) is 0 Å². The van der Waals surface area contributed by atoms with Crippen LogP contribution in [0.15, 0.2) is 64.4 Å². The Morgan fingerprint density at radius 3 is 2.62 bits per heavy atom. The molecule has 3 aromatic heterocycles. The van der Waals surface area contributed by atoms with E-state index >= 15 is 0 Å². The van der Waals surface area contributed by atoms with Crippen molar-refractivity contribution in [2.24, 2.45) is 0 Å². The monoisotopic (exact) mass is 450 g/mol. The van der Waals surface area contributed by atoms with Crippen LogP contribution in [0.5, 0.6) is 0 Å². The number of ether oxygens (including phenoxy) is 1. The van der Waals surface area contributed by atoms with Gasteiger partial charge in [0.15, 0.2) is 16.7 Å². The lowest BCUT2D eigenvalue weighted by Gasteiger charge is -2.10. The van der Waals surface area contributed by atoms with Gasteiger partial charge in [-0.25, -0.2) is 0 Å². The first-order valence-corrected chi connectivity index (χ1v) is 11.4. The van der Waals surface area contributed by atoms with Crippen LogP contribution in [0.3, 0.4) is 0 Å². The SMILES string of the molecule is COCCn1c(C)cc(C(=O)CSc2nnc(-c3ccco3)n2Cc2ccccc2)c1C. The third-order valence-corrected chi connectivity index (χ3v) is 6.33. The van der Waals surface area contributed by atoms with Gasteiger partial charge in [-0.05, 0) is 37.6 Å². The Hall–Kier alpha value is -3.10.